The van der Waals surface area contributed by atoms with E-state index in [2.05, 4.69) is 4.98 Å². The van der Waals surface area contributed by atoms with Gasteiger partial charge in [-0.25, -0.2) is 4.98 Å². The number of rotatable bonds is 0. The van der Waals surface area contributed by atoms with Crippen LogP contribution in [0.2, 0.25) is 5.02 Å². The summed E-state index contributed by atoms with van der Waals surface area (Å²) in [4.78, 5) is 4.63. The molecule has 2 aromatic carbocycles. The van der Waals surface area contributed by atoms with Crippen molar-refractivity contribution in [3.8, 4) is 11.5 Å². The van der Waals surface area contributed by atoms with Crippen LogP contribution in [0.4, 0.5) is 5.69 Å². The molecule has 21 heavy (non-hydrogen) atoms. The van der Waals surface area contributed by atoms with Crippen molar-refractivity contribution in [1.29, 1.82) is 5.41 Å². The first-order valence-corrected chi connectivity index (χ1v) is 6.78. The van der Waals surface area contributed by atoms with E-state index in [1.54, 1.807) is 18.2 Å². The average molecular weight is 296 g/mol. The van der Waals surface area contributed by atoms with Crippen LogP contribution in [0.3, 0.4) is 0 Å². The maximum absolute atomic E-state index is 7.67. The standard InChI is InChI=1S/C16H10ClN3O/c17-13-14(19)9-3-1-2-4-10(9)15-16(13)21-12-7-8(18)5-6-11(12)20-15/h1-7,18H,19H2. The minimum absolute atomic E-state index is 0.355. The summed E-state index contributed by atoms with van der Waals surface area (Å²) in [5, 5.41) is 10.1. The fourth-order valence-electron chi connectivity index (χ4n) is 2.51. The zero-order chi connectivity index (χ0) is 14.6. The van der Waals surface area contributed by atoms with E-state index in [1.807, 2.05) is 24.3 Å². The van der Waals surface area contributed by atoms with Crippen LogP contribution in [0, 0.1) is 5.41 Å². The largest absolute Gasteiger partial charge is 0.451 e. The molecule has 0 spiro atoms. The normalized spacial score (nSPS) is 11.5. The quantitative estimate of drug-likeness (QED) is 0.294. The second-order valence-electron chi connectivity index (χ2n) is 4.85. The Morgan fingerprint density at radius 1 is 1.10 bits per heavy atom. The van der Waals surface area contributed by atoms with Crippen LogP contribution in [0.5, 0.6) is 0 Å². The topological polar surface area (TPSA) is 75.9 Å². The summed E-state index contributed by atoms with van der Waals surface area (Å²) in [7, 11) is 0. The van der Waals surface area contributed by atoms with E-state index >= 15 is 0 Å². The number of benzene rings is 3. The number of halogens is 1. The molecule has 3 N–H and O–H groups in total. The van der Waals surface area contributed by atoms with E-state index in [4.69, 9.17) is 27.2 Å². The molecule has 0 atom stereocenters. The lowest BCUT2D eigenvalue weighted by Crippen LogP contribution is -2.00. The lowest BCUT2D eigenvalue weighted by atomic mass is 10.1. The van der Waals surface area contributed by atoms with Crippen molar-refractivity contribution in [2.45, 2.75) is 0 Å². The monoisotopic (exact) mass is 295 g/mol. The molecule has 0 unspecified atom stereocenters. The summed E-state index contributed by atoms with van der Waals surface area (Å²) >= 11 is 6.34. The van der Waals surface area contributed by atoms with E-state index < -0.39 is 0 Å². The summed E-state index contributed by atoms with van der Waals surface area (Å²) in [5.74, 6) is 0.520. The van der Waals surface area contributed by atoms with Crippen LogP contribution >= 0.6 is 11.6 Å². The van der Waals surface area contributed by atoms with E-state index in [0.29, 0.717) is 38.6 Å². The Bertz CT molecular complexity index is 1040. The van der Waals surface area contributed by atoms with Crippen molar-refractivity contribution in [2.75, 3.05) is 5.73 Å². The Labute approximate surface area is 124 Å². The van der Waals surface area contributed by atoms with Gasteiger partial charge in [0.15, 0.2) is 11.3 Å². The van der Waals surface area contributed by atoms with E-state index in [9.17, 15) is 0 Å². The number of aromatic nitrogens is 1. The van der Waals surface area contributed by atoms with Crippen LogP contribution in [-0.4, -0.2) is 4.98 Å². The maximum Gasteiger partial charge on any atom is 0.174 e. The molecule has 2 aromatic rings. The molecule has 5 heteroatoms. The van der Waals surface area contributed by atoms with Crippen molar-refractivity contribution in [3.63, 3.8) is 0 Å². The minimum Gasteiger partial charge on any atom is -0.451 e. The van der Waals surface area contributed by atoms with Crippen molar-refractivity contribution < 1.29 is 4.42 Å². The van der Waals surface area contributed by atoms with Crippen molar-refractivity contribution in [2.24, 2.45) is 0 Å². The van der Waals surface area contributed by atoms with Gasteiger partial charge in [-0.05, 0) is 12.1 Å². The van der Waals surface area contributed by atoms with Gasteiger partial charge in [0.05, 0.1) is 11.0 Å². The van der Waals surface area contributed by atoms with E-state index in [-0.39, 0.29) is 0 Å². The molecule has 0 amide bonds. The van der Waals surface area contributed by atoms with Gasteiger partial charge in [-0.15, -0.1) is 0 Å². The van der Waals surface area contributed by atoms with Crippen molar-refractivity contribution in [1.82, 2.24) is 4.98 Å². The third-order valence-corrected chi connectivity index (χ3v) is 3.90. The second kappa shape index (κ2) is 4.20. The molecule has 1 aliphatic carbocycles. The van der Waals surface area contributed by atoms with Crippen LogP contribution in [0.1, 0.15) is 0 Å². The summed E-state index contributed by atoms with van der Waals surface area (Å²) in [6.07, 6.45) is 0. The summed E-state index contributed by atoms with van der Waals surface area (Å²) < 4.78 is 5.85. The smallest absolute Gasteiger partial charge is 0.174 e. The Balaban J connectivity index is 2.31. The molecule has 1 heterocycles. The lowest BCUT2D eigenvalue weighted by molar-refractivity contribution is 0.613. The predicted molar refractivity (Wildman–Crippen MR) is 83.4 cm³/mol. The summed E-state index contributed by atoms with van der Waals surface area (Å²) in [6.45, 7) is 0. The van der Waals surface area contributed by atoms with Gasteiger partial charge in [-0.1, -0.05) is 35.9 Å². The first kappa shape index (κ1) is 12.2. The molecule has 0 saturated carbocycles. The molecule has 4 nitrogen and oxygen atoms in total. The van der Waals surface area contributed by atoms with Gasteiger partial charge in [0.2, 0.25) is 0 Å². The molecule has 1 aliphatic heterocycles. The number of nitrogens with zero attached hydrogens (tertiary/aromatic N) is 1. The highest BCUT2D eigenvalue weighted by atomic mass is 35.5. The summed E-state index contributed by atoms with van der Waals surface area (Å²) in [6, 6.07) is 12.7. The Morgan fingerprint density at radius 2 is 1.86 bits per heavy atom. The first-order valence-electron chi connectivity index (χ1n) is 6.40. The number of fused-ring (bicyclic) bond motifs is 4. The molecule has 0 radical (unpaired) electrons. The number of nitrogen functional groups attached to an aromatic ring is 1. The van der Waals surface area contributed by atoms with Crippen LogP contribution in [0.15, 0.2) is 46.9 Å². The predicted octanol–water partition coefficient (Wildman–Crippen LogP) is 3.80. The number of anilines is 1. The third kappa shape index (κ3) is 1.69. The molecule has 102 valence electrons. The van der Waals surface area contributed by atoms with E-state index in [1.165, 1.54) is 0 Å². The molecule has 4 rings (SSSR count). The number of nitrogens with two attached hydrogens (primary N) is 1. The van der Waals surface area contributed by atoms with Crippen LogP contribution in [-0.2, 0) is 0 Å². The van der Waals surface area contributed by atoms with Crippen molar-refractivity contribution >= 4 is 39.2 Å². The minimum atomic E-state index is 0.355. The van der Waals surface area contributed by atoms with Gasteiger partial charge in [0.25, 0.3) is 0 Å². The van der Waals surface area contributed by atoms with Gasteiger partial charge < -0.3 is 15.6 Å². The van der Waals surface area contributed by atoms with Crippen molar-refractivity contribution in [3.05, 3.63) is 52.8 Å². The SMILES string of the molecule is N=c1ccc2nc3c(oc-2c1)c(Cl)c(N)c1ccccc13. The molecular formula is C16H10ClN3O. The molecular weight excluding hydrogens is 286 g/mol. The first-order chi connectivity index (χ1) is 10.1. The van der Waals surface area contributed by atoms with Gasteiger partial charge >= 0.3 is 0 Å². The van der Waals surface area contributed by atoms with Gasteiger partial charge in [-0.3, -0.25) is 0 Å². The Morgan fingerprint density at radius 3 is 2.67 bits per heavy atom. The van der Waals surface area contributed by atoms with Crippen LogP contribution < -0.4 is 11.1 Å². The number of nitrogens with one attached hydrogen (secondary N) is 1. The van der Waals surface area contributed by atoms with Gasteiger partial charge in [0.1, 0.15) is 16.2 Å². The number of hydrogen-bond donors (Lipinski definition) is 2. The molecule has 2 aliphatic rings. The zero-order valence-electron chi connectivity index (χ0n) is 10.9. The third-order valence-electron chi connectivity index (χ3n) is 3.53. The molecule has 0 aromatic heterocycles. The lowest BCUT2D eigenvalue weighted by Gasteiger charge is -2.11. The van der Waals surface area contributed by atoms with E-state index in [0.717, 1.165) is 10.8 Å². The number of hydrogen-bond acceptors (Lipinski definition) is 4. The molecule has 0 bridgehead atoms. The highest BCUT2D eigenvalue weighted by molar-refractivity contribution is 6.40. The highest BCUT2D eigenvalue weighted by Gasteiger charge is 2.17. The Hall–Kier alpha value is -2.59. The zero-order valence-corrected chi connectivity index (χ0v) is 11.6. The molecule has 0 saturated heterocycles. The molecule has 0 fully saturated rings. The van der Waals surface area contributed by atoms with Gasteiger partial charge in [0, 0.05) is 16.8 Å². The maximum atomic E-state index is 7.67. The van der Waals surface area contributed by atoms with Crippen LogP contribution in [0.25, 0.3) is 33.3 Å². The second-order valence-corrected chi connectivity index (χ2v) is 5.23. The fraction of sp³-hybridized carbons (Fsp3) is 0. The van der Waals surface area contributed by atoms with Gasteiger partial charge in [-0.2, -0.15) is 0 Å². The average Bonchev–Trinajstić information content (AvgIpc) is 2.51. The Kier molecular flexibility index (Phi) is 2.43. The highest BCUT2D eigenvalue weighted by Crippen LogP contribution is 2.39. The fourth-order valence-corrected chi connectivity index (χ4v) is 2.74. The summed E-state index contributed by atoms with van der Waals surface area (Å²) in [5.41, 5.74) is 8.39.